The summed E-state index contributed by atoms with van der Waals surface area (Å²) < 4.78 is 5.88. The lowest BCUT2D eigenvalue weighted by atomic mass is 10.4. The summed E-state index contributed by atoms with van der Waals surface area (Å²) in [5.74, 6) is 1.06. The molecule has 0 saturated carbocycles. The number of unbranched alkanes of at least 4 members (excludes halogenated alkanes) is 1. The zero-order chi connectivity index (χ0) is 11.0. The number of hydrogen-bond acceptors (Lipinski definition) is 2. The highest BCUT2D eigenvalue weighted by Crippen LogP contribution is 2.25. The lowest BCUT2D eigenvalue weighted by Crippen LogP contribution is -2.41. The van der Waals surface area contributed by atoms with Crippen LogP contribution in [0, 0.1) is 0 Å². The van der Waals surface area contributed by atoms with Crippen molar-refractivity contribution in [3.8, 4) is 0 Å². The van der Waals surface area contributed by atoms with Gasteiger partial charge in [-0.15, -0.1) is 0 Å². The normalized spacial score (nSPS) is 14.4. The molecule has 1 unspecified atom stereocenters. The Hall–Kier alpha value is 0.527. The summed E-state index contributed by atoms with van der Waals surface area (Å²) in [6.07, 6.45) is 3.86. The van der Waals surface area contributed by atoms with Crippen LogP contribution in [0.5, 0.6) is 0 Å². The first kappa shape index (κ1) is 14.5. The third kappa shape index (κ3) is 5.42. The third-order valence-electron chi connectivity index (χ3n) is 2.72. The van der Waals surface area contributed by atoms with Gasteiger partial charge in [0.15, 0.2) is 0 Å². The lowest BCUT2D eigenvalue weighted by Gasteiger charge is -2.30. The quantitative estimate of drug-likeness (QED) is 0.452. The van der Waals surface area contributed by atoms with Crippen LogP contribution in [0.15, 0.2) is 0 Å². The van der Waals surface area contributed by atoms with Crippen LogP contribution in [0.1, 0.15) is 40.0 Å². The molecular weight excluding hydrogens is 208 g/mol. The van der Waals surface area contributed by atoms with Crippen molar-refractivity contribution in [2.75, 3.05) is 5.75 Å². The smallest absolute Gasteiger partial charge is 0.0832 e. The molecule has 1 atom stereocenters. The van der Waals surface area contributed by atoms with E-state index in [0.717, 1.165) is 5.75 Å². The molecule has 0 radical (unpaired) electrons. The topological polar surface area (TPSA) is 9.23 Å². The van der Waals surface area contributed by atoms with Crippen molar-refractivity contribution in [2.45, 2.75) is 64.9 Å². The Morgan fingerprint density at radius 2 is 1.86 bits per heavy atom. The van der Waals surface area contributed by atoms with E-state index >= 15 is 0 Å². The second-order valence-electron chi connectivity index (χ2n) is 4.49. The summed E-state index contributed by atoms with van der Waals surface area (Å²) in [5, 5.41) is 0. The Morgan fingerprint density at radius 3 is 2.29 bits per heavy atom. The van der Waals surface area contributed by atoms with Gasteiger partial charge < -0.3 is 4.18 Å². The predicted octanol–water partition coefficient (Wildman–Crippen LogP) is 4.50. The molecule has 0 N–H and O–H groups in total. The van der Waals surface area contributed by atoms with Crippen molar-refractivity contribution in [3.63, 3.8) is 0 Å². The van der Waals surface area contributed by atoms with E-state index < -0.39 is 8.07 Å². The molecule has 0 aromatic heterocycles. The fourth-order valence-corrected chi connectivity index (χ4v) is 6.07. The zero-order valence-electron chi connectivity index (χ0n) is 10.4. The number of rotatable bonds is 8. The van der Waals surface area contributed by atoms with Crippen LogP contribution in [0.4, 0.5) is 0 Å². The van der Waals surface area contributed by atoms with Crippen LogP contribution in [0.25, 0.3) is 0 Å². The second kappa shape index (κ2) is 7.77. The Balaban J connectivity index is 4.03. The van der Waals surface area contributed by atoms with Crippen molar-refractivity contribution in [2.24, 2.45) is 0 Å². The van der Waals surface area contributed by atoms with Crippen LogP contribution in [0.3, 0.4) is 0 Å². The molecule has 0 saturated heterocycles. The molecule has 0 amide bonds. The maximum Gasteiger partial charge on any atom is 0.0832 e. The van der Waals surface area contributed by atoms with E-state index in [1.807, 2.05) is 0 Å². The standard InChI is InChI=1S/C11H26OSSi/c1-6-9-10-14(4,5)11(7-2)12-13-8-3/h11H,6-10H2,1-5H3. The van der Waals surface area contributed by atoms with Crippen LogP contribution < -0.4 is 0 Å². The van der Waals surface area contributed by atoms with Gasteiger partial charge in [-0.2, -0.15) is 0 Å². The monoisotopic (exact) mass is 234 g/mol. The molecule has 0 bridgehead atoms. The molecule has 0 heterocycles. The molecule has 0 aliphatic rings. The van der Waals surface area contributed by atoms with E-state index in [0.29, 0.717) is 5.73 Å². The minimum atomic E-state index is -1.13. The summed E-state index contributed by atoms with van der Waals surface area (Å²) in [6, 6.07) is 1.41. The van der Waals surface area contributed by atoms with Crippen molar-refractivity contribution in [3.05, 3.63) is 0 Å². The van der Waals surface area contributed by atoms with Crippen molar-refractivity contribution in [1.29, 1.82) is 0 Å². The highest BCUT2D eigenvalue weighted by molar-refractivity contribution is 7.94. The molecule has 0 aliphatic heterocycles. The van der Waals surface area contributed by atoms with Crippen LogP contribution in [-0.2, 0) is 4.18 Å². The Morgan fingerprint density at radius 1 is 1.21 bits per heavy atom. The summed E-state index contributed by atoms with van der Waals surface area (Å²) in [7, 11) is -1.13. The minimum Gasteiger partial charge on any atom is -0.316 e. The molecule has 0 aliphatic carbocycles. The van der Waals surface area contributed by atoms with Gasteiger partial charge in [-0.25, -0.2) is 0 Å². The fourth-order valence-electron chi connectivity index (χ4n) is 1.69. The summed E-state index contributed by atoms with van der Waals surface area (Å²) in [4.78, 5) is 0. The largest absolute Gasteiger partial charge is 0.316 e. The molecule has 86 valence electrons. The first-order chi connectivity index (χ1) is 6.58. The maximum absolute atomic E-state index is 5.88. The van der Waals surface area contributed by atoms with Crippen molar-refractivity contribution >= 4 is 20.1 Å². The summed E-state index contributed by atoms with van der Waals surface area (Å²) >= 11 is 1.64. The van der Waals surface area contributed by atoms with Gasteiger partial charge in [-0.05, 0) is 18.5 Å². The van der Waals surface area contributed by atoms with Gasteiger partial charge >= 0.3 is 0 Å². The molecule has 1 nitrogen and oxygen atoms in total. The molecule has 0 aromatic rings. The van der Waals surface area contributed by atoms with E-state index in [1.54, 1.807) is 12.0 Å². The average molecular weight is 234 g/mol. The van der Waals surface area contributed by atoms with Crippen LogP contribution in [0.2, 0.25) is 19.1 Å². The highest BCUT2D eigenvalue weighted by atomic mass is 32.2. The summed E-state index contributed by atoms with van der Waals surface area (Å²) in [6.45, 7) is 11.6. The molecule has 0 aromatic carbocycles. The van der Waals surface area contributed by atoms with E-state index in [2.05, 4.69) is 33.9 Å². The van der Waals surface area contributed by atoms with E-state index in [9.17, 15) is 0 Å². The van der Waals surface area contributed by atoms with E-state index in [-0.39, 0.29) is 0 Å². The third-order valence-corrected chi connectivity index (χ3v) is 7.41. The zero-order valence-corrected chi connectivity index (χ0v) is 12.2. The first-order valence-electron chi connectivity index (χ1n) is 5.86. The van der Waals surface area contributed by atoms with Gasteiger partial charge in [0.1, 0.15) is 0 Å². The maximum atomic E-state index is 5.88. The molecule has 0 fully saturated rings. The van der Waals surface area contributed by atoms with E-state index in [1.165, 1.54) is 25.3 Å². The molecule has 0 spiro atoms. The van der Waals surface area contributed by atoms with Gasteiger partial charge in [0.25, 0.3) is 0 Å². The average Bonchev–Trinajstić information content (AvgIpc) is 2.16. The van der Waals surface area contributed by atoms with E-state index in [4.69, 9.17) is 4.18 Å². The van der Waals surface area contributed by atoms with Gasteiger partial charge in [0, 0.05) is 5.75 Å². The predicted molar refractivity (Wildman–Crippen MR) is 70.5 cm³/mol. The van der Waals surface area contributed by atoms with Crippen molar-refractivity contribution < 1.29 is 4.18 Å². The molecule has 14 heavy (non-hydrogen) atoms. The first-order valence-corrected chi connectivity index (χ1v) is 10.1. The van der Waals surface area contributed by atoms with Gasteiger partial charge in [-0.3, -0.25) is 0 Å². The Labute approximate surface area is 95.2 Å². The van der Waals surface area contributed by atoms with Gasteiger partial charge in [-0.1, -0.05) is 52.8 Å². The van der Waals surface area contributed by atoms with Crippen LogP contribution in [-0.4, -0.2) is 19.6 Å². The Kier molecular flexibility index (Phi) is 8.06. The molecular formula is C11H26OSSi. The fraction of sp³-hybridized carbons (Fsp3) is 1.00. The Bertz CT molecular complexity index is 139. The second-order valence-corrected chi connectivity index (χ2v) is 10.6. The number of hydrogen-bond donors (Lipinski definition) is 0. The minimum absolute atomic E-state index is 0.541. The SMILES string of the molecule is CCCC[Si](C)(C)C(CC)OSCC. The van der Waals surface area contributed by atoms with Crippen molar-refractivity contribution in [1.82, 2.24) is 0 Å². The molecule has 0 rings (SSSR count). The lowest BCUT2D eigenvalue weighted by molar-refractivity contribution is 0.312. The van der Waals surface area contributed by atoms with Gasteiger partial charge in [0.05, 0.1) is 13.8 Å². The van der Waals surface area contributed by atoms with Crippen LogP contribution >= 0.6 is 12.0 Å². The molecule has 3 heteroatoms. The summed E-state index contributed by atoms with van der Waals surface area (Å²) in [5.41, 5.74) is 0.541. The highest BCUT2D eigenvalue weighted by Gasteiger charge is 2.30. The van der Waals surface area contributed by atoms with Gasteiger partial charge in [0.2, 0.25) is 0 Å².